The minimum absolute atomic E-state index is 0.0226. The average Bonchev–Trinajstić information content (AvgIpc) is 2.68. The van der Waals surface area contributed by atoms with Gasteiger partial charge in [-0.1, -0.05) is 0 Å². The van der Waals surface area contributed by atoms with E-state index in [2.05, 4.69) is 10.4 Å². The maximum atomic E-state index is 11.7. The molecule has 0 unspecified atom stereocenters. The van der Waals surface area contributed by atoms with Crippen LogP contribution in [0.3, 0.4) is 0 Å². The van der Waals surface area contributed by atoms with Crippen LogP contribution in [0.2, 0.25) is 0 Å². The number of aromatic nitrogens is 2. The van der Waals surface area contributed by atoms with Gasteiger partial charge in [0.15, 0.2) is 5.69 Å². The van der Waals surface area contributed by atoms with Gasteiger partial charge in [0.1, 0.15) is 0 Å². The molecule has 0 fully saturated rings. The van der Waals surface area contributed by atoms with Crippen molar-refractivity contribution in [1.82, 2.24) is 20.0 Å². The predicted octanol–water partition coefficient (Wildman–Crippen LogP) is -0.275. The number of aryl methyl sites for hydroxylation is 1. The Morgan fingerprint density at radius 3 is 2.86 bits per heavy atom. The summed E-state index contributed by atoms with van der Waals surface area (Å²) in [4.78, 5) is 13.3. The number of nitrogens with zero attached hydrogens (tertiary/aromatic N) is 3. The molecule has 2 rings (SSSR count). The first-order valence-corrected chi connectivity index (χ1v) is 4.58. The van der Waals surface area contributed by atoms with Gasteiger partial charge in [-0.25, -0.2) is 0 Å². The van der Waals surface area contributed by atoms with E-state index in [4.69, 9.17) is 0 Å². The Labute approximate surface area is 82.7 Å². The molecule has 0 radical (unpaired) electrons. The molecule has 5 heteroatoms. The van der Waals surface area contributed by atoms with Crippen molar-refractivity contribution in [3.8, 4) is 0 Å². The monoisotopic (exact) mass is 194 g/mol. The van der Waals surface area contributed by atoms with Crippen molar-refractivity contribution in [3.63, 3.8) is 0 Å². The molecule has 1 aliphatic rings. The fourth-order valence-corrected chi connectivity index (χ4v) is 1.70. The van der Waals surface area contributed by atoms with Crippen molar-refractivity contribution in [2.24, 2.45) is 7.05 Å². The molecular weight excluding hydrogens is 180 g/mol. The first-order valence-electron chi connectivity index (χ1n) is 4.58. The number of nitrogens with one attached hydrogen (secondary N) is 1. The first kappa shape index (κ1) is 9.21. The molecular formula is C9H14N4O. The fourth-order valence-electron chi connectivity index (χ4n) is 1.70. The lowest BCUT2D eigenvalue weighted by Gasteiger charge is -2.08. The molecule has 0 aliphatic carbocycles. The van der Waals surface area contributed by atoms with Crippen molar-refractivity contribution in [1.29, 1.82) is 0 Å². The Hall–Kier alpha value is -1.36. The van der Waals surface area contributed by atoms with E-state index in [1.54, 1.807) is 23.7 Å². The van der Waals surface area contributed by atoms with Crippen LogP contribution < -0.4 is 5.32 Å². The maximum absolute atomic E-state index is 11.7. The van der Waals surface area contributed by atoms with Crippen LogP contribution in [0.4, 0.5) is 0 Å². The van der Waals surface area contributed by atoms with Gasteiger partial charge in [-0.15, -0.1) is 0 Å². The van der Waals surface area contributed by atoms with E-state index in [-0.39, 0.29) is 5.91 Å². The lowest BCUT2D eigenvalue weighted by molar-refractivity contribution is 0.0820. The summed E-state index contributed by atoms with van der Waals surface area (Å²) >= 11 is 0. The Kier molecular flexibility index (Phi) is 2.03. The van der Waals surface area contributed by atoms with Gasteiger partial charge in [-0.3, -0.25) is 9.48 Å². The van der Waals surface area contributed by atoms with Crippen LogP contribution in [0.1, 0.15) is 21.7 Å². The van der Waals surface area contributed by atoms with E-state index >= 15 is 0 Å². The minimum atomic E-state index is -0.0226. The number of hydrogen-bond donors (Lipinski definition) is 1. The van der Waals surface area contributed by atoms with Crippen molar-refractivity contribution in [2.45, 2.75) is 13.1 Å². The Balaban J connectivity index is 2.45. The molecule has 0 aromatic carbocycles. The second kappa shape index (κ2) is 3.09. The van der Waals surface area contributed by atoms with E-state index < -0.39 is 0 Å². The molecule has 1 aromatic heterocycles. The van der Waals surface area contributed by atoms with Crippen LogP contribution in [0, 0.1) is 0 Å². The van der Waals surface area contributed by atoms with Gasteiger partial charge in [0.05, 0.1) is 5.69 Å². The number of amides is 1. The summed E-state index contributed by atoms with van der Waals surface area (Å²) in [6.07, 6.45) is 0. The molecule has 0 spiro atoms. The van der Waals surface area contributed by atoms with Crippen LogP contribution >= 0.6 is 0 Å². The molecule has 1 amide bonds. The summed E-state index contributed by atoms with van der Waals surface area (Å²) < 4.78 is 1.78. The summed E-state index contributed by atoms with van der Waals surface area (Å²) in [5.74, 6) is -0.0226. The van der Waals surface area contributed by atoms with E-state index in [1.165, 1.54) is 0 Å². The van der Waals surface area contributed by atoms with Crippen LogP contribution in [-0.2, 0) is 20.1 Å². The van der Waals surface area contributed by atoms with Gasteiger partial charge >= 0.3 is 0 Å². The Morgan fingerprint density at radius 2 is 2.21 bits per heavy atom. The highest BCUT2D eigenvalue weighted by Gasteiger charge is 2.25. The molecule has 1 aromatic rings. The van der Waals surface area contributed by atoms with Gasteiger partial charge in [-0.05, 0) is 0 Å². The van der Waals surface area contributed by atoms with Gasteiger partial charge in [-0.2, -0.15) is 5.10 Å². The lowest BCUT2D eigenvalue weighted by atomic mass is 10.2. The van der Waals surface area contributed by atoms with E-state index in [9.17, 15) is 4.79 Å². The third-order valence-electron chi connectivity index (χ3n) is 2.48. The predicted molar refractivity (Wildman–Crippen MR) is 51.8 cm³/mol. The van der Waals surface area contributed by atoms with E-state index in [0.29, 0.717) is 5.69 Å². The molecule has 0 saturated carbocycles. The Morgan fingerprint density at radius 1 is 1.50 bits per heavy atom. The zero-order valence-corrected chi connectivity index (χ0v) is 8.66. The topological polar surface area (TPSA) is 50.2 Å². The number of hydrogen-bond acceptors (Lipinski definition) is 3. The third kappa shape index (κ3) is 1.21. The molecule has 0 saturated heterocycles. The smallest absolute Gasteiger partial charge is 0.274 e. The molecule has 5 nitrogen and oxygen atoms in total. The maximum Gasteiger partial charge on any atom is 0.274 e. The molecule has 76 valence electrons. The lowest BCUT2D eigenvalue weighted by Crippen LogP contribution is -2.23. The number of rotatable bonds is 1. The van der Waals surface area contributed by atoms with Crippen molar-refractivity contribution in [2.75, 3.05) is 14.1 Å². The standard InChI is InChI=1S/C9H14N4O/c1-12(2)9(14)8-6-4-10-5-7(6)13(3)11-8/h10H,4-5H2,1-3H3. The van der Waals surface area contributed by atoms with Gasteiger partial charge in [0, 0.05) is 39.8 Å². The molecule has 1 N–H and O–H groups in total. The highest BCUT2D eigenvalue weighted by Crippen LogP contribution is 2.19. The normalized spacial score (nSPS) is 14.2. The van der Waals surface area contributed by atoms with Crippen LogP contribution in [0.15, 0.2) is 0 Å². The van der Waals surface area contributed by atoms with E-state index in [0.717, 1.165) is 24.3 Å². The van der Waals surface area contributed by atoms with Crippen LogP contribution in [0.5, 0.6) is 0 Å². The van der Waals surface area contributed by atoms with Crippen molar-refractivity contribution in [3.05, 3.63) is 17.0 Å². The first-order chi connectivity index (χ1) is 6.61. The number of carbonyl (C=O) groups excluding carboxylic acids is 1. The summed E-state index contributed by atoms with van der Waals surface area (Å²) in [5.41, 5.74) is 2.75. The summed E-state index contributed by atoms with van der Waals surface area (Å²) in [7, 11) is 5.36. The molecule has 0 bridgehead atoms. The van der Waals surface area contributed by atoms with Crippen molar-refractivity contribution >= 4 is 5.91 Å². The second-order valence-corrected chi connectivity index (χ2v) is 3.70. The van der Waals surface area contributed by atoms with Crippen molar-refractivity contribution < 1.29 is 4.79 Å². The highest BCUT2D eigenvalue weighted by atomic mass is 16.2. The molecule has 14 heavy (non-hydrogen) atoms. The zero-order valence-electron chi connectivity index (χ0n) is 8.66. The highest BCUT2D eigenvalue weighted by molar-refractivity contribution is 5.93. The van der Waals surface area contributed by atoms with Gasteiger partial charge in [0.25, 0.3) is 5.91 Å². The Bertz CT molecular complexity index is 380. The summed E-state index contributed by atoms with van der Waals surface area (Å²) in [5, 5.41) is 7.45. The summed E-state index contributed by atoms with van der Waals surface area (Å²) in [6.45, 7) is 1.55. The zero-order chi connectivity index (χ0) is 10.3. The van der Waals surface area contributed by atoms with Crippen LogP contribution in [-0.4, -0.2) is 34.7 Å². The SMILES string of the molecule is CN(C)C(=O)c1nn(C)c2c1CNC2. The molecule has 1 aliphatic heterocycles. The number of fused-ring (bicyclic) bond motifs is 1. The quantitative estimate of drug-likeness (QED) is 0.669. The summed E-state index contributed by atoms with van der Waals surface area (Å²) in [6, 6.07) is 0. The van der Waals surface area contributed by atoms with Crippen LogP contribution in [0.25, 0.3) is 0 Å². The minimum Gasteiger partial charge on any atom is -0.343 e. The van der Waals surface area contributed by atoms with E-state index in [1.807, 2.05) is 7.05 Å². The van der Waals surface area contributed by atoms with Gasteiger partial charge in [0.2, 0.25) is 0 Å². The third-order valence-corrected chi connectivity index (χ3v) is 2.48. The largest absolute Gasteiger partial charge is 0.343 e. The second-order valence-electron chi connectivity index (χ2n) is 3.70. The molecule has 0 atom stereocenters. The fraction of sp³-hybridized carbons (Fsp3) is 0.556. The number of carbonyl (C=O) groups is 1. The average molecular weight is 194 g/mol. The molecule has 2 heterocycles. The van der Waals surface area contributed by atoms with Gasteiger partial charge < -0.3 is 10.2 Å².